The van der Waals surface area contributed by atoms with Gasteiger partial charge >= 0.3 is 0 Å². The van der Waals surface area contributed by atoms with Gasteiger partial charge in [-0.15, -0.1) is 11.3 Å². The molecule has 0 atom stereocenters. The van der Waals surface area contributed by atoms with Crippen LogP contribution in [0.25, 0.3) is 0 Å². The van der Waals surface area contributed by atoms with Crippen molar-refractivity contribution in [2.24, 2.45) is 0 Å². The molecule has 32 heavy (non-hydrogen) atoms. The van der Waals surface area contributed by atoms with Gasteiger partial charge < -0.3 is 15.4 Å². The van der Waals surface area contributed by atoms with E-state index in [4.69, 9.17) is 4.74 Å². The Labute approximate surface area is 189 Å². The molecule has 2 aromatic carbocycles. The lowest BCUT2D eigenvalue weighted by molar-refractivity contribution is 0.0951. The van der Waals surface area contributed by atoms with Crippen molar-refractivity contribution >= 4 is 28.8 Å². The van der Waals surface area contributed by atoms with Gasteiger partial charge in [-0.3, -0.25) is 14.6 Å². The molecule has 4 aromatic rings. The molecule has 0 radical (unpaired) electrons. The summed E-state index contributed by atoms with van der Waals surface area (Å²) in [4.78, 5) is 30.0. The summed E-state index contributed by atoms with van der Waals surface area (Å²) >= 11 is 1.35. The van der Waals surface area contributed by atoms with Gasteiger partial charge in [0.05, 0.1) is 21.8 Å². The second-order valence-corrected chi connectivity index (χ2v) is 7.86. The van der Waals surface area contributed by atoms with E-state index in [9.17, 15) is 9.59 Å². The summed E-state index contributed by atoms with van der Waals surface area (Å²) < 4.78 is 5.80. The van der Waals surface area contributed by atoms with Gasteiger partial charge in [-0.05, 0) is 53.4 Å². The van der Waals surface area contributed by atoms with E-state index < -0.39 is 0 Å². The first-order chi connectivity index (χ1) is 15.7. The molecule has 7 heteroatoms. The number of pyridine rings is 1. The quantitative estimate of drug-likeness (QED) is 0.406. The first-order valence-electron chi connectivity index (χ1n) is 10.0. The number of carbonyl (C=O) groups is 2. The molecule has 0 saturated heterocycles. The van der Waals surface area contributed by atoms with E-state index >= 15 is 0 Å². The van der Waals surface area contributed by atoms with E-state index in [1.165, 1.54) is 11.3 Å². The van der Waals surface area contributed by atoms with Gasteiger partial charge in [-0.2, -0.15) is 0 Å². The van der Waals surface area contributed by atoms with Crippen LogP contribution in [0.2, 0.25) is 0 Å². The van der Waals surface area contributed by atoms with Crippen molar-refractivity contribution in [2.75, 3.05) is 5.32 Å². The number of hydrogen-bond acceptors (Lipinski definition) is 5. The summed E-state index contributed by atoms with van der Waals surface area (Å²) in [5.74, 6) is 0.191. The Balaban J connectivity index is 1.37. The molecule has 0 aliphatic heterocycles. The minimum absolute atomic E-state index is 0.238. The molecule has 2 N–H and O–H groups in total. The number of ether oxygens (including phenoxy) is 1. The zero-order valence-electron chi connectivity index (χ0n) is 17.2. The van der Waals surface area contributed by atoms with Crippen molar-refractivity contribution in [2.45, 2.75) is 13.2 Å². The number of carbonyl (C=O) groups excluding carboxylic acids is 2. The zero-order valence-corrected chi connectivity index (χ0v) is 18.0. The molecule has 0 saturated carbocycles. The number of aromatic nitrogens is 1. The molecule has 0 spiro atoms. The van der Waals surface area contributed by atoms with Crippen molar-refractivity contribution in [3.63, 3.8) is 0 Å². The maximum atomic E-state index is 12.8. The Hall–Kier alpha value is -3.97. The fourth-order valence-corrected chi connectivity index (χ4v) is 3.66. The van der Waals surface area contributed by atoms with Gasteiger partial charge in [-0.25, -0.2) is 0 Å². The number of rotatable bonds is 8. The third kappa shape index (κ3) is 5.59. The number of nitrogens with zero attached hydrogens (tertiary/aromatic N) is 1. The average Bonchev–Trinajstić information content (AvgIpc) is 3.38. The van der Waals surface area contributed by atoms with Crippen LogP contribution in [0.5, 0.6) is 5.75 Å². The highest BCUT2D eigenvalue weighted by Crippen LogP contribution is 2.19. The van der Waals surface area contributed by atoms with Crippen LogP contribution in [0.15, 0.2) is 90.4 Å². The number of amides is 2. The first-order valence-corrected chi connectivity index (χ1v) is 10.9. The standard InChI is InChI=1S/C25H21N3O3S/c29-24(21-10-1-2-11-22(21)28-25(30)23-12-6-14-32-23)27-16-18-7-5-9-20(15-18)31-17-19-8-3-4-13-26-19/h1-15H,16-17H2,(H,27,29)(H,28,30). The van der Waals surface area contributed by atoms with E-state index in [-0.39, 0.29) is 11.8 Å². The van der Waals surface area contributed by atoms with Crippen molar-refractivity contribution in [1.82, 2.24) is 10.3 Å². The molecule has 0 bridgehead atoms. The second-order valence-electron chi connectivity index (χ2n) is 6.92. The second kappa shape index (κ2) is 10.4. The van der Waals surface area contributed by atoms with E-state index in [0.29, 0.717) is 35.0 Å². The van der Waals surface area contributed by atoms with Crippen LogP contribution in [-0.4, -0.2) is 16.8 Å². The molecule has 0 aliphatic rings. The fourth-order valence-electron chi connectivity index (χ4n) is 3.05. The number of para-hydroxylation sites is 1. The van der Waals surface area contributed by atoms with Gasteiger partial charge in [0.1, 0.15) is 12.4 Å². The van der Waals surface area contributed by atoms with Crippen molar-refractivity contribution in [3.05, 3.63) is 112 Å². The highest BCUT2D eigenvalue weighted by atomic mass is 32.1. The predicted molar refractivity (Wildman–Crippen MR) is 125 cm³/mol. The molecule has 0 aliphatic carbocycles. The first kappa shape index (κ1) is 21.3. The average molecular weight is 444 g/mol. The molecule has 160 valence electrons. The minimum Gasteiger partial charge on any atom is -0.487 e. The summed E-state index contributed by atoms with van der Waals surface area (Å²) in [5.41, 5.74) is 2.61. The van der Waals surface area contributed by atoms with Crippen molar-refractivity contribution in [1.29, 1.82) is 0 Å². The third-order valence-corrected chi connectivity index (χ3v) is 5.50. The molecule has 2 aromatic heterocycles. The molecule has 0 fully saturated rings. The Morgan fingerprint density at radius 3 is 2.59 bits per heavy atom. The Morgan fingerprint density at radius 1 is 0.906 bits per heavy atom. The van der Waals surface area contributed by atoms with Crippen LogP contribution in [0.4, 0.5) is 5.69 Å². The van der Waals surface area contributed by atoms with Gasteiger partial charge in [0.15, 0.2) is 0 Å². The molecular formula is C25H21N3O3S. The summed E-state index contributed by atoms with van der Waals surface area (Å²) in [7, 11) is 0. The molecule has 4 rings (SSSR count). The fraction of sp³-hybridized carbons (Fsp3) is 0.0800. The number of anilines is 1. The SMILES string of the molecule is O=C(Nc1ccccc1C(=O)NCc1cccc(OCc2ccccn2)c1)c1cccs1. The van der Waals surface area contributed by atoms with Crippen molar-refractivity contribution < 1.29 is 14.3 Å². The smallest absolute Gasteiger partial charge is 0.265 e. The Kier molecular flexibility index (Phi) is 6.89. The van der Waals surface area contributed by atoms with E-state index in [1.807, 2.05) is 53.9 Å². The number of benzene rings is 2. The predicted octanol–water partition coefficient (Wildman–Crippen LogP) is 4.90. The summed E-state index contributed by atoms with van der Waals surface area (Å²) in [6.07, 6.45) is 1.73. The Morgan fingerprint density at radius 2 is 1.78 bits per heavy atom. The summed E-state index contributed by atoms with van der Waals surface area (Å²) in [6, 6.07) is 23.7. The van der Waals surface area contributed by atoms with Crippen LogP contribution >= 0.6 is 11.3 Å². The third-order valence-electron chi connectivity index (χ3n) is 4.63. The van der Waals surface area contributed by atoms with Crippen LogP contribution in [0.3, 0.4) is 0 Å². The summed E-state index contributed by atoms with van der Waals surface area (Å²) in [5, 5.41) is 7.56. The minimum atomic E-state index is -0.271. The van der Waals surface area contributed by atoms with E-state index in [1.54, 1.807) is 36.5 Å². The topological polar surface area (TPSA) is 80.3 Å². The van der Waals surface area contributed by atoms with Gasteiger partial charge in [0.2, 0.25) is 0 Å². The van der Waals surface area contributed by atoms with E-state index in [0.717, 1.165) is 11.3 Å². The summed E-state index contributed by atoms with van der Waals surface area (Å²) in [6.45, 7) is 0.695. The van der Waals surface area contributed by atoms with Gasteiger partial charge in [0.25, 0.3) is 11.8 Å². The molecule has 2 heterocycles. The maximum Gasteiger partial charge on any atom is 0.265 e. The lowest BCUT2D eigenvalue weighted by Gasteiger charge is -2.12. The van der Waals surface area contributed by atoms with E-state index in [2.05, 4.69) is 15.6 Å². The van der Waals surface area contributed by atoms with Crippen molar-refractivity contribution in [3.8, 4) is 5.75 Å². The molecule has 6 nitrogen and oxygen atoms in total. The number of nitrogens with one attached hydrogen (secondary N) is 2. The number of hydrogen-bond donors (Lipinski definition) is 2. The molecule has 2 amide bonds. The normalized spacial score (nSPS) is 10.4. The van der Waals surface area contributed by atoms with Gasteiger partial charge in [-0.1, -0.05) is 36.4 Å². The molecular weight excluding hydrogens is 422 g/mol. The largest absolute Gasteiger partial charge is 0.487 e. The van der Waals surface area contributed by atoms with Crippen LogP contribution in [-0.2, 0) is 13.2 Å². The molecule has 0 unspecified atom stereocenters. The highest BCUT2D eigenvalue weighted by molar-refractivity contribution is 7.12. The lowest BCUT2D eigenvalue weighted by atomic mass is 10.1. The van der Waals surface area contributed by atoms with Gasteiger partial charge in [0, 0.05) is 12.7 Å². The van der Waals surface area contributed by atoms with Crippen LogP contribution < -0.4 is 15.4 Å². The Bertz CT molecular complexity index is 1190. The highest BCUT2D eigenvalue weighted by Gasteiger charge is 2.14. The lowest BCUT2D eigenvalue weighted by Crippen LogP contribution is -2.24. The monoisotopic (exact) mass is 443 g/mol. The van der Waals surface area contributed by atoms with Crippen LogP contribution in [0, 0.1) is 0 Å². The number of thiophene rings is 1. The zero-order chi connectivity index (χ0) is 22.2. The van der Waals surface area contributed by atoms with Crippen LogP contribution in [0.1, 0.15) is 31.3 Å². The maximum absolute atomic E-state index is 12.8.